The first kappa shape index (κ1) is 9.49. The van der Waals surface area contributed by atoms with Crippen LogP contribution in [0.4, 0.5) is 4.79 Å². The van der Waals surface area contributed by atoms with Crippen LogP contribution in [-0.2, 0) is 4.74 Å². The van der Waals surface area contributed by atoms with E-state index in [4.69, 9.17) is 0 Å². The van der Waals surface area contributed by atoms with Crippen LogP contribution >= 0.6 is 0 Å². The quantitative estimate of drug-likeness (QED) is 0.462. The van der Waals surface area contributed by atoms with Gasteiger partial charge in [0, 0.05) is 16.8 Å². The maximum absolute atomic E-state index is 10.6. The van der Waals surface area contributed by atoms with Gasteiger partial charge in [-0.15, -0.1) is 0 Å². The van der Waals surface area contributed by atoms with Crippen molar-refractivity contribution in [2.75, 3.05) is 13.2 Å². The summed E-state index contributed by atoms with van der Waals surface area (Å²) in [7, 11) is 1.21. The smallest absolute Gasteiger partial charge is 0.407 e. The number of carbonyl (C=O) groups excluding carboxylic acids is 1. The number of hydrogen-bond donors (Lipinski definition) is 1. The first-order chi connectivity index (χ1) is 4.81. The highest BCUT2D eigenvalue weighted by Gasteiger charge is 1.95. The molecule has 0 spiro atoms. The molecule has 4 heteroatoms. The highest BCUT2D eigenvalue weighted by atomic mass is 28.1. The van der Waals surface area contributed by atoms with Crippen LogP contribution in [0.3, 0.4) is 0 Å². The fourth-order valence-corrected chi connectivity index (χ4v) is 0.903. The molecule has 0 saturated carbocycles. The van der Waals surface area contributed by atoms with Crippen molar-refractivity contribution in [3.8, 4) is 0 Å². The van der Waals surface area contributed by atoms with Gasteiger partial charge >= 0.3 is 6.09 Å². The van der Waals surface area contributed by atoms with E-state index in [1.807, 2.05) is 0 Å². The lowest BCUT2D eigenvalue weighted by Crippen LogP contribution is -2.25. The van der Waals surface area contributed by atoms with Gasteiger partial charge in [-0.25, -0.2) is 4.79 Å². The zero-order valence-corrected chi connectivity index (χ0v) is 8.64. The molecule has 3 nitrogen and oxygen atoms in total. The van der Waals surface area contributed by atoms with E-state index in [0.29, 0.717) is 6.61 Å². The minimum absolute atomic E-state index is 0.294. The average molecular weight is 161 g/mol. The van der Waals surface area contributed by atoms with Crippen molar-refractivity contribution >= 4 is 16.3 Å². The van der Waals surface area contributed by atoms with Crippen LogP contribution in [0, 0.1) is 0 Å². The lowest BCUT2D eigenvalue weighted by Gasteiger charge is -2.02. The van der Waals surface area contributed by atoms with Crippen molar-refractivity contribution in [1.82, 2.24) is 5.32 Å². The van der Waals surface area contributed by atoms with E-state index in [0.717, 1.165) is 13.0 Å². The molecule has 0 unspecified atom stereocenters. The Hall–Kier alpha value is -0.513. The molecule has 0 aliphatic heterocycles. The number of nitrogens with one attached hydrogen (secondary N) is 1. The van der Waals surface area contributed by atoms with Crippen LogP contribution in [0.15, 0.2) is 0 Å². The fourth-order valence-electron chi connectivity index (χ4n) is 0.549. The van der Waals surface area contributed by atoms with Gasteiger partial charge in [-0.3, -0.25) is 0 Å². The van der Waals surface area contributed by atoms with Crippen molar-refractivity contribution in [1.29, 1.82) is 0 Å². The average Bonchev–Trinajstić information content (AvgIpc) is 1.89. The summed E-state index contributed by atoms with van der Waals surface area (Å²) < 4.78 is 4.65. The third-order valence-corrected chi connectivity index (χ3v) is 1.78. The Morgan fingerprint density at radius 2 is 2.40 bits per heavy atom. The fraction of sp³-hybridized carbons (Fsp3) is 0.833. The Morgan fingerprint density at radius 1 is 1.70 bits per heavy atom. The summed E-state index contributed by atoms with van der Waals surface area (Å²) >= 11 is 0. The first-order valence-corrected chi connectivity index (χ1v) is 5.13. The van der Waals surface area contributed by atoms with Gasteiger partial charge in [-0.05, 0) is 13.3 Å². The van der Waals surface area contributed by atoms with Crippen LogP contribution in [0.25, 0.3) is 0 Å². The van der Waals surface area contributed by atoms with Crippen LogP contribution < -0.4 is 5.32 Å². The minimum atomic E-state index is -0.294. The van der Waals surface area contributed by atoms with Crippen molar-refractivity contribution in [3.05, 3.63) is 0 Å². The third-order valence-electron chi connectivity index (χ3n) is 1.08. The molecule has 1 N–H and O–H groups in total. The first-order valence-electron chi connectivity index (χ1n) is 3.71. The van der Waals surface area contributed by atoms with Gasteiger partial charge in [-0.2, -0.15) is 0 Å². The highest BCUT2D eigenvalue weighted by Crippen LogP contribution is 1.82. The Morgan fingerprint density at radius 3 is 2.90 bits per heavy atom. The van der Waals surface area contributed by atoms with E-state index in [9.17, 15) is 4.79 Å². The van der Waals surface area contributed by atoms with E-state index in [1.165, 1.54) is 16.3 Å². The van der Waals surface area contributed by atoms with Crippen LogP contribution in [0.1, 0.15) is 13.3 Å². The molecule has 0 rings (SSSR count). The summed E-state index contributed by atoms with van der Waals surface area (Å²) in [6, 6.07) is 1.23. The van der Waals surface area contributed by atoms with Crippen molar-refractivity contribution in [2.45, 2.75) is 19.4 Å². The summed E-state index contributed by atoms with van der Waals surface area (Å²) in [6.07, 6.45) is 0.781. The van der Waals surface area contributed by atoms with E-state index >= 15 is 0 Å². The van der Waals surface area contributed by atoms with E-state index < -0.39 is 0 Å². The predicted molar refractivity (Wildman–Crippen MR) is 44.4 cm³/mol. The Labute approximate surface area is 64.6 Å². The molecular weight excluding hydrogens is 146 g/mol. The highest BCUT2D eigenvalue weighted by molar-refractivity contribution is 6.08. The summed E-state index contributed by atoms with van der Waals surface area (Å²) in [5.41, 5.74) is 0. The molecule has 0 bridgehead atoms. The van der Waals surface area contributed by atoms with Crippen molar-refractivity contribution in [3.63, 3.8) is 0 Å². The van der Waals surface area contributed by atoms with E-state index in [-0.39, 0.29) is 6.09 Å². The Bertz CT molecular complexity index is 97.7. The third kappa shape index (κ3) is 5.62. The van der Waals surface area contributed by atoms with Crippen molar-refractivity contribution < 1.29 is 9.53 Å². The van der Waals surface area contributed by atoms with E-state index in [2.05, 4.69) is 10.1 Å². The molecule has 0 aromatic carbocycles. The molecule has 0 fully saturated rings. The second-order valence-corrected chi connectivity index (χ2v) is 3.00. The molecular formula is C6H15NO2Si. The van der Waals surface area contributed by atoms with Crippen LogP contribution in [0.5, 0.6) is 0 Å². The molecule has 0 aromatic heterocycles. The molecule has 10 heavy (non-hydrogen) atoms. The van der Waals surface area contributed by atoms with Crippen molar-refractivity contribution in [2.24, 2.45) is 0 Å². The maximum Gasteiger partial charge on any atom is 0.407 e. The number of hydrogen-bond acceptors (Lipinski definition) is 2. The number of amides is 1. The van der Waals surface area contributed by atoms with Gasteiger partial charge < -0.3 is 10.1 Å². The number of alkyl carbamates (subject to hydrolysis) is 1. The number of ether oxygens (including phenoxy) is 1. The predicted octanol–water partition coefficient (Wildman–Crippen LogP) is -0.0937. The second-order valence-electron chi connectivity index (χ2n) is 2.00. The molecule has 0 aromatic rings. The van der Waals surface area contributed by atoms with Gasteiger partial charge in [0.05, 0.1) is 6.61 Å². The summed E-state index contributed by atoms with van der Waals surface area (Å²) in [5, 5.41) is 2.65. The van der Waals surface area contributed by atoms with Gasteiger partial charge in [0.25, 0.3) is 0 Å². The zero-order chi connectivity index (χ0) is 7.82. The summed E-state index contributed by atoms with van der Waals surface area (Å²) in [5.74, 6) is 0. The Kier molecular flexibility index (Phi) is 6.27. The lowest BCUT2D eigenvalue weighted by molar-refractivity contribution is 0.152. The van der Waals surface area contributed by atoms with Gasteiger partial charge in [-0.1, -0.05) is 6.04 Å². The topological polar surface area (TPSA) is 38.3 Å². The minimum Gasteiger partial charge on any atom is -0.450 e. The molecule has 60 valence electrons. The normalized spacial score (nSPS) is 9.30. The monoisotopic (exact) mass is 161 g/mol. The molecule has 0 aliphatic rings. The maximum atomic E-state index is 10.6. The van der Waals surface area contributed by atoms with Gasteiger partial charge in [0.2, 0.25) is 0 Å². The van der Waals surface area contributed by atoms with Crippen LogP contribution in [-0.4, -0.2) is 29.5 Å². The van der Waals surface area contributed by atoms with Gasteiger partial charge in [0.15, 0.2) is 0 Å². The molecule has 0 radical (unpaired) electrons. The van der Waals surface area contributed by atoms with Crippen LogP contribution in [0.2, 0.25) is 6.04 Å². The zero-order valence-electron chi connectivity index (χ0n) is 6.64. The molecule has 0 atom stereocenters. The SMILES string of the molecule is CCOC(=O)NCCC[SiH3]. The lowest BCUT2D eigenvalue weighted by atomic mass is 10.5. The number of carbonyl (C=O) groups is 1. The standard InChI is InChI=1S/C6H15NO2Si/c1-2-9-6(8)7-4-3-5-10/h2-5H2,1,10H3,(H,7,8). The molecule has 0 heterocycles. The number of rotatable bonds is 4. The van der Waals surface area contributed by atoms with E-state index in [1.54, 1.807) is 6.92 Å². The largest absolute Gasteiger partial charge is 0.450 e. The second kappa shape index (κ2) is 6.60. The summed E-state index contributed by atoms with van der Waals surface area (Å²) in [6.45, 7) is 3.00. The molecule has 0 saturated heterocycles. The van der Waals surface area contributed by atoms with Gasteiger partial charge in [0.1, 0.15) is 0 Å². The Balaban J connectivity index is 3.05. The molecule has 0 aliphatic carbocycles. The molecule has 1 amide bonds. The summed E-state index contributed by atoms with van der Waals surface area (Å²) in [4.78, 5) is 10.6.